The highest BCUT2D eigenvalue weighted by atomic mass is 35.5. The van der Waals surface area contributed by atoms with Crippen LogP contribution in [0.5, 0.6) is 17.2 Å². The van der Waals surface area contributed by atoms with Gasteiger partial charge in [0.15, 0.2) is 11.5 Å². The van der Waals surface area contributed by atoms with Crippen LogP contribution in [-0.2, 0) is 14.8 Å². The molecule has 2 aromatic carbocycles. The van der Waals surface area contributed by atoms with Crippen LogP contribution in [0.1, 0.15) is 12.8 Å². The highest BCUT2D eigenvalue weighted by Gasteiger charge is 2.32. The summed E-state index contributed by atoms with van der Waals surface area (Å²) < 4.78 is 43.4. The molecule has 0 spiro atoms. The van der Waals surface area contributed by atoms with Gasteiger partial charge in [-0.15, -0.1) is 0 Å². The third-order valence-corrected chi connectivity index (χ3v) is 7.59. The van der Waals surface area contributed by atoms with E-state index in [1.165, 1.54) is 29.6 Å². The third-order valence-electron chi connectivity index (χ3n) is 5.40. The first-order chi connectivity index (χ1) is 14.9. The maximum absolute atomic E-state index is 12.9. The minimum Gasteiger partial charge on any atom is -0.495 e. The number of halogens is 1. The van der Waals surface area contributed by atoms with E-state index in [1.807, 2.05) is 0 Å². The fourth-order valence-electron chi connectivity index (χ4n) is 3.68. The minimum absolute atomic E-state index is 0.109. The smallest absolute Gasteiger partial charge is 0.243 e. The molecule has 2 aliphatic rings. The lowest BCUT2D eigenvalue weighted by molar-refractivity contribution is -0.120. The number of piperidine rings is 1. The molecule has 2 aromatic rings. The average Bonchev–Trinajstić information content (AvgIpc) is 2.79. The summed E-state index contributed by atoms with van der Waals surface area (Å²) in [6.07, 6.45) is 0.860. The summed E-state index contributed by atoms with van der Waals surface area (Å²) in [5, 5.41) is 3.13. The molecule has 0 saturated carbocycles. The fourth-order valence-corrected chi connectivity index (χ4v) is 5.50. The molecule has 2 heterocycles. The maximum atomic E-state index is 12.9. The summed E-state index contributed by atoms with van der Waals surface area (Å²) in [4.78, 5) is 12.8. The molecule has 4 rings (SSSR count). The van der Waals surface area contributed by atoms with Crippen LogP contribution in [0.2, 0.25) is 5.02 Å². The van der Waals surface area contributed by atoms with Crippen molar-refractivity contribution in [3.05, 3.63) is 41.4 Å². The van der Waals surface area contributed by atoms with Crippen molar-refractivity contribution in [1.82, 2.24) is 4.31 Å². The molecule has 10 heteroatoms. The fraction of sp³-hybridized carbons (Fsp3) is 0.381. The predicted octanol–water partition coefficient (Wildman–Crippen LogP) is 3.16. The summed E-state index contributed by atoms with van der Waals surface area (Å²) in [6.45, 7) is 1.48. The molecule has 0 radical (unpaired) electrons. The Morgan fingerprint density at radius 2 is 1.81 bits per heavy atom. The number of hydrogen-bond donors (Lipinski definition) is 1. The summed E-state index contributed by atoms with van der Waals surface area (Å²) >= 11 is 6.08. The minimum atomic E-state index is -3.70. The van der Waals surface area contributed by atoms with E-state index in [0.29, 0.717) is 49.0 Å². The van der Waals surface area contributed by atoms with Gasteiger partial charge in [-0.05, 0) is 43.2 Å². The van der Waals surface area contributed by atoms with Gasteiger partial charge in [-0.3, -0.25) is 4.79 Å². The Morgan fingerprint density at radius 1 is 1.10 bits per heavy atom. The van der Waals surface area contributed by atoms with Gasteiger partial charge in [-0.2, -0.15) is 4.31 Å². The molecule has 0 atom stereocenters. The van der Waals surface area contributed by atoms with E-state index < -0.39 is 10.0 Å². The molecular formula is C21H23ClN2O6S. The summed E-state index contributed by atoms with van der Waals surface area (Å²) in [5.41, 5.74) is 0.622. The molecule has 2 aliphatic heterocycles. The lowest BCUT2D eigenvalue weighted by atomic mass is 9.97. The highest BCUT2D eigenvalue weighted by Crippen LogP contribution is 2.33. The van der Waals surface area contributed by atoms with Crippen molar-refractivity contribution in [2.45, 2.75) is 17.7 Å². The molecule has 31 heavy (non-hydrogen) atoms. The van der Waals surface area contributed by atoms with Crippen LogP contribution in [0.3, 0.4) is 0 Å². The predicted molar refractivity (Wildman–Crippen MR) is 116 cm³/mol. The highest BCUT2D eigenvalue weighted by molar-refractivity contribution is 7.89. The van der Waals surface area contributed by atoms with E-state index in [-0.39, 0.29) is 34.8 Å². The quantitative estimate of drug-likeness (QED) is 0.727. The largest absolute Gasteiger partial charge is 0.495 e. The molecular weight excluding hydrogens is 444 g/mol. The Balaban J connectivity index is 1.38. The number of methoxy groups -OCH3 is 1. The first kappa shape index (κ1) is 21.7. The van der Waals surface area contributed by atoms with E-state index in [1.54, 1.807) is 18.2 Å². The number of nitrogens with one attached hydrogen (secondary N) is 1. The summed E-state index contributed by atoms with van der Waals surface area (Å²) in [5.74, 6) is 1.25. The number of sulfonamides is 1. The van der Waals surface area contributed by atoms with Gasteiger partial charge in [0.2, 0.25) is 15.9 Å². The second kappa shape index (κ2) is 8.94. The molecule has 1 fully saturated rings. The number of benzene rings is 2. The second-order valence-electron chi connectivity index (χ2n) is 7.32. The van der Waals surface area contributed by atoms with E-state index in [4.69, 9.17) is 25.8 Å². The molecule has 1 saturated heterocycles. The average molecular weight is 467 g/mol. The van der Waals surface area contributed by atoms with Crippen LogP contribution < -0.4 is 19.5 Å². The monoisotopic (exact) mass is 466 g/mol. The van der Waals surface area contributed by atoms with Crippen LogP contribution in [0.15, 0.2) is 41.3 Å². The molecule has 0 unspecified atom stereocenters. The number of ether oxygens (including phenoxy) is 3. The van der Waals surface area contributed by atoms with Gasteiger partial charge < -0.3 is 19.5 Å². The Morgan fingerprint density at radius 3 is 2.48 bits per heavy atom. The number of hydrogen-bond acceptors (Lipinski definition) is 6. The maximum Gasteiger partial charge on any atom is 0.243 e. The van der Waals surface area contributed by atoms with Crippen LogP contribution in [0.25, 0.3) is 0 Å². The molecule has 0 bridgehead atoms. The lowest BCUT2D eigenvalue weighted by Gasteiger charge is -2.30. The molecule has 166 valence electrons. The molecule has 8 nitrogen and oxygen atoms in total. The van der Waals surface area contributed by atoms with E-state index in [9.17, 15) is 13.2 Å². The zero-order valence-electron chi connectivity index (χ0n) is 17.0. The van der Waals surface area contributed by atoms with Gasteiger partial charge in [0.25, 0.3) is 0 Å². The van der Waals surface area contributed by atoms with Crippen LogP contribution >= 0.6 is 11.6 Å². The van der Waals surface area contributed by atoms with Gasteiger partial charge in [0.05, 0.1) is 17.0 Å². The Kier molecular flexibility index (Phi) is 6.27. The van der Waals surface area contributed by atoms with Crippen molar-refractivity contribution in [2.24, 2.45) is 5.92 Å². The first-order valence-electron chi connectivity index (χ1n) is 9.92. The number of anilines is 1. The summed E-state index contributed by atoms with van der Waals surface area (Å²) in [6, 6.07) is 9.65. The second-order valence-corrected chi connectivity index (χ2v) is 9.67. The molecule has 0 aliphatic carbocycles. The number of fused-ring (bicyclic) bond motifs is 1. The number of carbonyl (C=O) groups is 1. The number of nitrogens with zero attached hydrogens (tertiary/aromatic N) is 1. The Labute approximate surface area is 186 Å². The molecule has 1 amide bonds. The Bertz CT molecular complexity index is 1080. The number of carbonyl (C=O) groups excluding carboxylic acids is 1. The van der Waals surface area contributed by atoms with Gasteiger partial charge in [0, 0.05) is 30.8 Å². The third kappa shape index (κ3) is 4.58. The lowest BCUT2D eigenvalue weighted by Crippen LogP contribution is -2.41. The van der Waals surface area contributed by atoms with Gasteiger partial charge in [0.1, 0.15) is 19.0 Å². The Hall–Kier alpha value is -2.49. The van der Waals surface area contributed by atoms with Gasteiger partial charge >= 0.3 is 0 Å². The van der Waals surface area contributed by atoms with Crippen molar-refractivity contribution in [3.8, 4) is 17.2 Å². The topological polar surface area (TPSA) is 94.2 Å². The SMILES string of the molecule is COc1ccc(S(=O)(=O)N2CCC(C(=O)Nc3ccc4c(c3)OCCO4)CC2)cc1Cl. The van der Waals surface area contributed by atoms with E-state index >= 15 is 0 Å². The van der Waals surface area contributed by atoms with E-state index in [0.717, 1.165) is 0 Å². The zero-order chi connectivity index (χ0) is 22.0. The van der Waals surface area contributed by atoms with E-state index in [2.05, 4.69) is 5.32 Å². The zero-order valence-corrected chi connectivity index (χ0v) is 18.5. The van der Waals surface area contributed by atoms with Crippen molar-refractivity contribution in [1.29, 1.82) is 0 Å². The number of amides is 1. The van der Waals surface area contributed by atoms with Crippen molar-refractivity contribution in [3.63, 3.8) is 0 Å². The van der Waals surface area contributed by atoms with Crippen LogP contribution in [-0.4, -0.2) is 52.0 Å². The van der Waals surface area contributed by atoms with Gasteiger partial charge in [-0.25, -0.2) is 8.42 Å². The van der Waals surface area contributed by atoms with Crippen molar-refractivity contribution in [2.75, 3.05) is 38.7 Å². The van der Waals surface area contributed by atoms with Crippen molar-refractivity contribution >= 4 is 33.2 Å². The number of rotatable bonds is 5. The summed E-state index contributed by atoms with van der Waals surface area (Å²) in [7, 11) is -2.23. The van der Waals surface area contributed by atoms with Gasteiger partial charge in [-0.1, -0.05) is 11.6 Å². The van der Waals surface area contributed by atoms with Crippen LogP contribution in [0.4, 0.5) is 5.69 Å². The first-order valence-corrected chi connectivity index (χ1v) is 11.7. The molecule has 0 aromatic heterocycles. The standard InChI is InChI=1S/C21H23ClN2O6S/c1-28-18-5-3-16(13-17(18)22)31(26,27)24-8-6-14(7-9-24)21(25)23-15-2-4-19-20(12-15)30-11-10-29-19/h2-5,12-14H,6-11H2,1H3,(H,23,25). The molecule has 1 N–H and O–H groups in total. The van der Waals surface area contributed by atoms with Crippen molar-refractivity contribution < 1.29 is 27.4 Å². The van der Waals surface area contributed by atoms with Crippen LogP contribution in [0, 0.1) is 5.92 Å². The normalized spacial score (nSPS) is 17.2.